The molecule has 0 saturated carbocycles. The van der Waals surface area contributed by atoms with Gasteiger partial charge >= 0.3 is 0 Å². The molecule has 7 nitrogen and oxygen atoms in total. The zero-order chi connectivity index (χ0) is 14.7. The first-order chi connectivity index (χ1) is 10.3. The summed E-state index contributed by atoms with van der Waals surface area (Å²) in [5.74, 6) is 1.66. The van der Waals surface area contributed by atoms with E-state index in [1.807, 2.05) is 25.5 Å². The lowest BCUT2D eigenvalue weighted by atomic mass is 10.2. The van der Waals surface area contributed by atoms with Gasteiger partial charge in [-0.15, -0.1) is 0 Å². The second-order valence-corrected chi connectivity index (χ2v) is 5.31. The number of aryl methyl sites for hydroxylation is 1. The summed E-state index contributed by atoms with van der Waals surface area (Å²) in [6, 6.07) is 2.11. The van der Waals surface area contributed by atoms with Gasteiger partial charge in [0.05, 0.1) is 18.8 Å². The minimum absolute atomic E-state index is 0.169. The summed E-state index contributed by atoms with van der Waals surface area (Å²) in [7, 11) is 1.90. The Morgan fingerprint density at radius 3 is 3.10 bits per heavy atom. The van der Waals surface area contributed by atoms with E-state index < -0.39 is 0 Å². The fourth-order valence-electron chi connectivity index (χ4n) is 2.68. The highest BCUT2D eigenvalue weighted by molar-refractivity contribution is 5.50. The third-order valence-corrected chi connectivity index (χ3v) is 3.77. The van der Waals surface area contributed by atoms with Crippen molar-refractivity contribution in [1.29, 1.82) is 0 Å². The third kappa shape index (κ3) is 3.13. The van der Waals surface area contributed by atoms with Crippen LogP contribution in [-0.2, 0) is 13.6 Å². The largest absolute Gasteiger partial charge is 0.394 e. The van der Waals surface area contributed by atoms with Gasteiger partial charge in [0.1, 0.15) is 18.0 Å². The van der Waals surface area contributed by atoms with E-state index in [2.05, 4.69) is 25.3 Å². The Balaban J connectivity index is 1.68. The predicted octanol–water partition coefficient (Wildman–Crippen LogP) is 0.783. The Kier molecular flexibility index (Phi) is 4.01. The molecule has 1 atom stereocenters. The summed E-state index contributed by atoms with van der Waals surface area (Å²) in [4.78, 5) is 10.7. The summed E-state index contributed by atoms with van der Waals surface area (Å²) in [6.07, 6.45) is 7.47. The molecule has 2 aromatic rings. The molecule has 0 unspecified atom stereocenters. The smallest absolute Gasteiger partial charge is 0.134 e. The van der Waals surface area contributed by atoms with Gasteiger partial charge in [-0.2, -0.15) is 5.10 Å². The lowest BCUT2D eigenvalue weighted by molar-refractivity contribution is 0.266. The van der Waals surface area contributed by atoms with E-state index in [9.17, 15) is 5.11 Å². The molecular formula is C14H20N6O. The molecule has 1 aliphatic rings. The average Bonchev–Trinajstić information content (AvgIpc) is 3.14. The lowest BCUT2D eigenvalue weighted by Gasteiger charge is -2.24. The standard InChI is InChI=1S/C14H20N6O/c1-19-8-11(7-18-19)6-15-13-5-14(17-10-16-13)20-4-2-3-12(20)9-21/h5,7-8,10,12,21H,2-4,6,9H2,1H3,(H,15,16,17)/t12-/m0/s1. The summed E-state index contributed by atoms with van der Waals surface area (Å²) in [5, 5.41) is 16.8. The van der Waals surface area contributed by atoms with Crippen LogP contribution in [0.4, 0.5) is 11.6 Å². The highest BCUT2D eigenvalue weighted by atomic mass is 16.3. The van der Waals surface area contributed by atoms with Crippen LogP contribution in [0.2, 0.25) is 0 Å². The van der Waals surface area contributed by atoms with Gasteiger partial charge in [0.2, 0.25) is 0 Å². The third-order valence-electron chi connectivity index (χ3n) is 3.77. The van der Waals surface area contributed by atoms with Crippen molar-refractivity contribution in [2.75, 3.05) is 23.4 Å². The van der Waals surface area contributed by atoms with Crippen molar-refractivity contribution in [2.45, 2.75) is 25.4 Å². The molecule has 0 amide bonds. The van der Waals surface area contributed by atoms with Gasteiger partial charge in [-0.3, -0.25) is 4.68 Å². The fourth-order valence-corrected chi connectivity index (χ4v) is 2.68. The van der Waals surface area contributed by atoms with E-state index in [-0.39, 0.29) is 12.6 Å². The number of anilines is 2. The molecule has 0 radical (unpaired) electrons. The van der Waals surface area contributed by atoms with Crippen LogP contribution in [0.15, 0.2) is 24.8 Å². The molecule has 1 fully saturated rings. The minimum atomic E-state index is 0.169. The number of aromatic nitrogens is 4. The monoisotopic (exact) mass is 288 g/mol. The summed E-state index contributed by atoms with van der Waals surface area (Å²) in [6.45, 7) is 1.78. The van der Waals surface area contributed by atoms with Gasteiger partial charge in [-0.05, 0) is 12.8 Å². The Hall–Kier alpha value is -2.15. The van der Waals surface area contributed by atoms with Gasteiger partial charge in [-0.1, -0.05) is 0 Å². The maximum absolute atomic E-state index is 9.41. The van der Waals surface area contributed by atoms with Crippen LogP contribution in [0, 0.1) is 0 Å². The quantitative estimate of drug-likeness (QED) is 0.846. The van der Waals surface area contributed by atoms with Gasteiger partial charge in [0, 0.05) is 38.0 Å². The van der Waals surface area contributed by atoms with Crippen LogP contribution in [0.1, 0.15) is 18.4 Å². The molecular weight excluding hydrogens is 268 g/mol. The molecule has 2 aromatic heterocycles. The molecule has 1 saturated heterocycles. The zero-order valence-corrected chi connectivity index (χ0v) is 12.1. The van der Waals surface area contributed by atoms with Crippen molar-refractivity contribution in [2.24, 2.45) is 7.05 Å². The molecule has 0 spiro atoms. The van der Waals surface area contributed by atoms with Crippen molar-refractivity contribution < 1.29 is 5.11 Å². The first-order valence-electron chi connectivity index (χ1n) is 7.17. The molecule has 112 valence electrons. The Bertz CT molecular complexity index is 599. The Morgan fingerprint density at radius 2 is 2.33 bits per heavy atom. The van der Waals surface area contributed by atoms with E-state index in [0.29, 0.717) is 6.54 Å². The van der Waals surface area contributed by atoms with Crippen LogP contribution in [0.5, 0.6) is 0 Å². The van der Waals surface area contributed by atoms with Crippen LogP contribution in [0.3, 0.4) is 0 Å². The number of nitrogens with zero attached hydrogens (tertiary/aromatic N) is 5. The Labute approximate surface area is 123 Å². The van der Waals surface area contributed by atoms with Crippen molar-refractivity contribution in [1.82, 2.24) is 19.7 Å². The van der Waals surface area contributed by atoms with Crippen molar-refractivity contribution in [3.05, 3.63) is 30.4 Å². The molecule has 0 aromatic carbocycles. The second-order valence-electron chi connectivity index (χ2n) is 5.31. The highest BCUT2D eigenvalue weighted by Gasteiger charge is 2.25. The molecule has 0 aliphatic carbocycles. The van der Waals surface area contributed by atoms with Crippen molar-refractivity contribution >= 4 is 11.6 Å². The molecule has 1 aliphatic heterocycles. The fraction of sp³-hybridized carbons (Fsp3) is 0.500. The van der Waals surface area contributed by atoms with Crippen LogP contribution < -0.4 is 10.2 Å². The van der Waals surface area contributed by atoms with Gasteiger partial charge in [-0.25, -0.2) is 9.97 Å². The van der Waals surface area contributed by atoms with E-state index in [4.69, 9.17) is 0 Å². The molecule has 0 bridgehead atoms. The van der Waals surface area contributed by atoms with E-state index in [1.54, 1.807) is 11.0 Å². The summed E-state index contributed by atoms with van der Waals surface area (Å²) >= 11 is 0. The predicted molar refractivity (Wildman–Crippen MR) is 80.0 cm³/mol. The summed E-state index contributed by atoms with van der Waals surface area (Å²) < 4.78 is 1.78. The molecule has 2 N–H and O–H groups in total. The maximum atomic E-state index is 9.41. The summed E-state index contributed by atoms with van der Waals surface area (Å²) in [5.41, 5.74) is 1.10. The molecule has 3 rings (SSSR count). The van der Waals surface area contributed by atoms with E-state index >= 15 is 0 Å². The van der Waals surface area contributed by atoms with Crippen molar-refractivity contribution in [3.8, 4) is 0 Å². The number of rotatable bonds is 5. The highest BCUT2D eigenvalue weighted by Crippen LogP contribution is 2.24. The molecule has 21 heavy (non-hydrogen) atoms. The Morgan fingerprint density at radius 1 is 1.43 bits per heavy atom. The van der Waals surface area contributed by atoms with E-state index in [0.717, 1.165) is 36.6 Å². The average molecular weight is 288 g/mol. The van der Waals surface area contributed by atoms with Crippen LogP contribution >= 0.6 is 0 Å². The zero-order valence-electron chi connectivity index (χ0n) is 12.1. The van der Waals surface area contributed by atoms with Crippen LogP contribution in [0.25, 0.3) is 0 Å². The van der Waals surface area contributed by atoms with Gasteiger partial charge in [0.25, 0.3) is 0 Å². The number of aliphatic hydroxyl groups is 1. The minimum Gasteiger partial charge on any atom is -0.394 e. The number of hydrogen-bond acceptors (Lipinski definition) is 6. The van der Waals surface area contributed by atoms with Crippen molar-refractivity contribution in [3.63, 3.8) is 0 Å². The van der Waals surface area contributed by atoms with Gasteiger partial charge < -0.3 is 15.3 Å². The first-order valence-corrected chi connectivity index (χ1v) is 7.17. The normalized spacial score (nSPS) is 18.2. The van der Waals surface area contributed by atoms with Crippen LogP contribution in [-0.4, -0.2) is 44.0 Å². The maximum Gasteiger partial charge on any atom is 0.134 e. The topological polar surface area (TPSA) is 79.1 Å². The molecule has 7 heteroatoms. The number of nitrogens with one attached hydrogen (secondary N) is 1. The first kappa shape index (κ1) is 13.8. The van der Waals surface area contributed by atoms with E-state index in [1.165, 1.54) is 0 Å². The SMILES string of the molecule is Cn1cc(CNc2cc(N3CCC[C@H]3CO)ncn2)cn1. The van der Waals surface area contributed by atoms with Gasteiger partial charge in [0.15, 0.2) is 0 Å². The second kappa shape index (κ2) is 6.09. The number of hydrogen-bond donors (Lipinski definition) is 2. The lowest BCUT2D eigenvalue weighted by Crippen LogP contribution is -2.32. The number of aliphatic hydroxyl groups excluding tert-OH is 1. The molecule has 3 heterocycles.